The molecule has 10 heteroatoms. The van der Waals surface area contributed by atoms with Crippen LogP contribution in [-0.2, 0) is 16.1 Å². The van der Waals surface area contributed by atoms with E-state index in [1.165, 1.54) is 6.07 Å². The summed E-state index contributed by atoms with van der Waals surface area (Å²) in [5, 5.41) is 2.82. The van der Waals surface area contributed by atoms with Crippen LogP contribution in [-0.4, -0.2) is 38.2 Å². The highest BCUT2D eigenvalue weighted by atomic mass is 32.1. The molecule has 0 saturated heterocycles. The highest BCUT2D eigenvalue weighted by Gasteiger charge is 2.28. The molecule has 0 fully saturated rings. The Kier molecular flexibility index (Phi) is 8.31. The van der Waals surface area contributed by atoms with Crippen LogP contribution in [0.1, 0.15) is 55.8 Å². The molecule has 0 aliphatic heterocycles. The minimum atomic E-state index is -0.645. The fourth-order valence-electron chi connectivity index (χ4n) is 3.03. The second-order valence-corrected chi connectivity index (χ2v) is 7.91. The number of hydrogen-bond donors (Lipinski definition) is 1. The highest BCUT2D eigenvalue weighted by molar-refractivity contribution is 7.18. The van der Waals surface area contributed by atoms with Gasteiger partial charge in [0.1, 0.15) is 33.7 Å². The summed E-state index contributed by atoms with van der Waals surface area (Å²) in [5.74, 6) is -0.130. The summed E-state index contributed by atoms with van der Waals surface area (Å²) in [5.41, 5.74) is 0.486. The number of carbonyl (C=O) groups excluding carboxylic acids is 3. The monoisotopic (exact) mass is 487 g/mol. The van der Waals surface area contributed by atoms with Crippen molar-refractivity contribution in [3.63, 3.8) is 0 Å². The van der Waals surface area contributed by atoms with Crippen molar-refractivity contribution in [3.8, 4) is 11.5 Å². The Morgan fingerprint density at radius 1 is 1.00 bits per heavy atom. The number of ether oxygens (including phenoxy) is 4. The van der Waals surface area contributed by atoms with Gasteiger partial charge in [-0.05, 0) is 50.6 Å². The molecule has 0 aliphatic carbocycles. The van der Waals surface area contributed by atoms with Crippen molar-refractivity contribution in [2.75, 3.05) is 25.6 Å². The molecule has 180 valence electrons. The molecule has 0 atom stereocenters. The van der Waals surface area contributed by atoms with Crippen molar-refractivity contribution in [2.24, 2.45) is 0 Å². The predicted octanol–water partition coefficient (Wildman–Crippen LogP) is 4.84. The number of esters is 2. The number of amides is 1. The SMILES string of the molecule is CCOC(=O)c1sc(NC(=O)c2ccc(COc3cccc(OC)c3)o2)c(C(=O)OCC)c1C. The third kappa shape index (κ3) is 5.76. The molecular weight excluding hydrogens is 462 g/mol. The third-order valence-electron chi connectivity index (χ3n) is 4.62. The lowest BCUT2D eigenvalue weighted by molar-refractivity contribution is 0.0527. The smallest absolute Gasteiger partial charge is 0.348 e. The van der Waals surface area contributed by atoms with E-state index in [-0.39, 0.29) is 41.0 Å². The van der Waals surface area contributed by atoms with Gasteiger partial charge in [-0.25, -0.2) is 9.59 Å². The first-order valence-corrected chi connectivity index (χ1v) is 11.3. The topological polar surface area (TPSA) is 113 Å². The van der Waals surface area contributed by atoms with Crippen molar-refractivity contribution in [2.45, 2.75) is 27.4 Å². The molecule has 0 bridgehead atoms. The number of methoxy groups -OCH3 is 1. The van der Waals surface area contributed by atoms with Gasteiger partial charge in [0.05, 0.1) is 25.9 Å². The van der Waals surface area contributed by atoms with Gasteiger partial charge in [0.15, 0.2) is 5.76 Å². The van der Waals surface area contributed by atoms with Crippen LogP contribution in [0.15, 0.2) is 40.8 Å². The van der Waals surface area contributed by atoms with Crippen LogP contribution in [0.2, 0.25) is 0 Å². The molecule has 1 N–H and O–H groups in total. The van der Waals surface area contributed by atoms with E-state index in [4.69, 9.17) is 23.4 Å². The van der Waals surface area contributed by atoms with Crippen LogP contribution in [0.4, 0.5) is 5.00 Å². The van der Waals surface area contributed by atoms with Crippen LogP contribution in [0.5, 0.6) is 11.5 Å². The van der Waals surface area contributed by atoms with E-state index in [2.05, 4.69) is 5.32 Å². The summed E-state index contributed by atoms with van der Waals surface area (Å²) < 4.78 is 26.6. The average Bonchev–Trinajstić information content (AvgIpc) is 3.43. The highest BCUT2D eigenvalue weighted by Crippen LogP contribution is 2.34. The van der Waals surface area contributed by atoms with E-state index in [1.54, 1.807) is 58.2 Å². The van der Waals surface area contributed by atoms with E-state index in [0.717, 1.165) is 11.3 Å². The Morgan fingerprint density at radius 3 is 2.41 bits per heavy atom. The van der Waals surface area contributed by atoms with Gasteiger partial charge in [-0.15, -0.1) is 11.3 Å². The largest absolute Gasteiger partial charge is 0.497 e. The van der Waals surface area contributed by atoms with Crippen molar-refractivity contribution in [1.29, 1.82) is 0 Å². The lowest BCUT2D eigenvalue weighted by Crippen LogP contribution is -2.14. The van der Waals surface area contributed by atoms with Gasteiger partial charge >= 0.3 is 11.9 Å². The van der Waals surface area contributed by atoms with Crippen LogP contribution in [0.25, 0.3) is 0 Å². The summed E-state index contributed by atoms with van der Waals surface area (Å²) in [6, 6.07) is 10.2. The lowest BCUT2D eigenvalue weighted by atomic mass is 10.1. The first kappa shape index (κ1) is 24.8. The molecule has 1 amide bonds. The summed E-state index contributed by atoms with van der Waals surface area (Å²) in [6.45, 7) is 5.38. The average molecular weight is 488 g/mol. The Balaban J connectivity index is 1.76. The summed E-state index contributed by atoms with van der Waals surface area (Å²) >= 11 is 0.944. The molecule has 0 spiro atoms. The van der Waals surface area contributed by atoms with Crippen molar-refractivity contribution < 1.29 is 37.7 Å². The fraction of sp³-hybridized carbons (Fsp3) is 0.292. The van der Waals surface area contributed by atoms with Gasteiger partial charge in [0, 0.05) is 6.07 Å². The standard InChI is InChI=1S/C24H25NO8S/c1-5-30-23(27)19-14(3)20(24(28)31-6-2)34-22(19)25-21(26)18-11-10-17(33-18)13-32-16-9-7-8-15(12-16)29-4/h7-12H,5-6,13H2,1-4H3,(H,25,26). The number of hydrogen-bond acceptors (Lipinski definition) is 9. The Labute approximate surface area is 200 Å². The molecule has 9 nitrogen and oxygen atoms in total. The maximum absolute atomic E-state index is 12.8. The van der Waals surface area contributed by atoms with Crippen LogP contribution in [0, 0.1) is 6.92 Å². The molecule has 2 heterocycles. The number of thiophene rings is 1. The zero-order valence-corrected chi connectivity index (χ0v) is 20.1. The second-order valence-electron chi connectivity index (χ2n) is 6.89. The number of carbonyl (C=O) groups is 3. The Bertz CT molecular complexity index is 1180. The maximum Gasteiger partial charge on any atom is 0.348 e. The lowest BCUT2D eigenvalue weighted by Gasteiger charge is -2.07. The van der Waals surface area contributed by atoms with E-state index < -0.39 is 17.8 Å². The van der Waals surface area contributed by atoms with Crippen LogP contribution >= 0.6 is 11.3 Å². The Morgan fingerprint density at radius 2 is 1.71 bits per heavy atom. The van der Waals surface area contributed by atoms with Gasteiger partial charge in [0.25, 0.3) is 5.91 Å². The van der Waals surface area contributed by atoms with Gasteiger partial charge < -0.3 is 28.7 Å². The third-order valence-corrected chi connectivity index (χ3v) is 5.81. The zero-order chi connectivity index (χ0) is 24.7. The summed E-state index contributed by atoms with van der Waals surface area (Å²) in [7, 11) is 1.56. The predicted molar refractivity (Wildman–Crippen MR) is 125 cm³/mol. The number of benzene rings is 1. The first-order chi connectivity index (χ1) is 16.4. The number of rotatable bonds is 10. The van der Waals surface area contributed by atoms with E-state index >= 15 is 0 Å². The van der Waals surface area contributed by atoms with Crippen molar-refractivity contribution in [1.82, 2.24) is 0 Å². The van der Waals surface area contributed by atoms with E-state index in [1.807, 2.05) is 0 Å². The van der Waals surface area contributed by atoms with Crippen molar-refractivity contribution >= 4 is 34.2 Å². The second kappa shape index (κ2) is 11.4. The normalized spacial score (nSPS) is 10.5. The molecule has 0 saturated carbocycles. The molecule has 3 aromatic rings. The van der Waals surface area contributed by atoms with Crippen LogP contribution in [0.3, 0.4) is 0 Å². The maximum atomic E-state index is 12.8. The Hall–Kier alpha value is -3.79. The van der Waals surface area contributed by atoms with Gasteiger partial charge in [-0.1, -0.05) is 6.07 Å². The number of anilines is 1. The van der Waals surface area contributed by atoms with Crippen LogP contribution < -0.4 is 14.8 Å². The van der Waals surface area contributed by atoms with Gasteiger partial charge in [0.2, 0.25) is 0 Å². The zero-order valence-electron chi connectivity index (χ0n) is 19.3. The number of furan rings is 1. The molecule has 0 unspecified atom stereocenters. The molecule has 0 radical (unpaired) electrons. The fourth-order valence-corrected chi connectivity index (χ4v) is 4.11. The minimum Gasteiger partial charge on any atom is -0.497 e. The summed E-state index contributed by atoms with van der Waals surface area (Å²) in [6.07, 6.45) is 0. The molecule has 1 aromatic carbocycles. The van der Waals surface area contributed by atoms with E-state index in [0.29, 0.717) is 22.8 Å². The van der Waals surface area contributed by atoms with Gasteiger partial charge in [-0.2, -0.15) is 0 Å². The summed E-state index contributed by atoms with van der Waals surface area (Å²) in [4.78, 5) is 37.8. The molecular formula is C24H25NO8S. The first-order valence-electron chi connectivity index (χ1n) is 10.5. The quantitative estimate of drug-likeness (QED) is 0.404. The number of nitrogens with one attached hydrogen (secondary N) is 1. The molecule has 3 rings (SSSR count). The molecule has 2 aromatic heterocycles. The van der Waals surface area contributed by atoms with Crippen molar-refractivity contribution in [3.05, 3.63) is 63.9 Å². The molecule has 0 aliphatic rings. The van der Waals surface area contributed by atoms with E-state index in [9.17, 15) is 14.4 Å². The van der Waals surface area contributed by atoms with Gasteiger partial charge in [-0.3, -0.25) is 4.79 Å². The minimum absolute atomic E-state index is 0.0165. The molecule has 34 heavy (non-hydrogen) atoms.